The minimum atomic E-state index is 0.216. The minimum absolute atomic E-state index is 0.216. The number of hydrogen-bond donors (Lipinski definition) is 1. The summed E-state index contributed by atoms with van der Waals surface area (Å²) in [6.07, 6.45) is 5.00. The summed E-state index contributed by atoms with van der Waals surface area (Å²) < 4.78 is 6.22. The van der Waals surface area contributed by atoms with Crippen LogP contribution in [0.4, 0.5) is 0 Å². The molecule has 2 heterocycles. The summed E-state index contributed by atoms with van der Waals surface area (Å²) >= 11 is 2.09. The Kier molecular flexibility index (Phi) is 6.00. The third-order valence-electron chi connectivity index (χ3n) is 4.53. The molecule has 2 unspecified atom stereocenters. The molecule has 2 aliphatic heterocycles. The van der Waals surface area contributed by atoms with Crippen LogP contribution in [0, 0.1) is 5.92 Å². The van der Waals surface area contributed by atoms with E-state index in [-0.39, 0.29) is 5.60 Å². The SMILES string of the molecule is CCNC(CN(C)C)C1CCOC2(CCSCC2)C1. The highest BCUT2D eigenvalue weighted by Crippen LogP contribution is 2.40. The zero-order valence-electron chi connectivity index (χ0n) is 12.8. The molecule has 0 aliphatic carbocycles. The van der Waals surface area contributed by atoms with E-state index < -0.39 is 0 Å². The molecule has 4 heteroatoms. The molecule has 2 saturated heterocycles. The first-order chi connectivity index (χ1) is 9.15. The molecule has 1 spiro atoms. The topological polar surface area (TPSA) is 24.5 Å². The number of likely N-dealkylation sites (N-methyl/N-ethyl adjacent to an activating group) is 2. The predicted molar refractivity (Wildman–Crippen MR) is 84.0 cm³/mol. The normalized spacial score (nSPS) is 28.7. The maximum atomic E-state index is 6.22. The van der Waals surface area contributed by atoms with Gasteiger partial charge in [-0.3, -0.25) is 0 Å². The van der Waals surface area contributed by atoms with Gasteiger partial charge in [0.05, 0.1) is 5.60 Å². The van der Waals surface area contributed by atoms with Gasteiger partial charge in [0.25, 0.3) is 0 Å². The van der Waals surface area contributed by atoms with Gasteiger partial charge >= 0.3 is 0 Å². The Morgan fingerprint density at radius 1 is 1.37 bits per heavy atom. The summed E-state index contributed by atoms with van der Waals surface area (Å²) in [4.78, 5) is 2.31. The van der Waals surface area contributed by atoms with Gasteiger partial charge in [-0.25, -0.2) is 0 Å². The lowest BCUT2D eigenvalue weighted by Crippen LogP contribution is -2.51. The molecule has 1 N–H and O–H groups in total. The fourth-order valence-corrected chi connectivity index (χ4v) is 4.77. The molecule has 2 rings (SSSR count). The summed E-state index contributed by atoms with van der Waals surface area (Å²) in [7, 11) is 4.35. The fourth-order valence-electron chi connectivity index (χ4n) is 3.54. The van der Waals surface area contributed by atoms with Gasteiger partial charge in [-0.15, -0.1) is 0 Å². The van der Waals surface area contributed by atoms with Gasteiger partial charge in [0, 0.05) is 19.2 Å². The van der Waals surface area contributed by atoms with Gasteiger partial charge in [0.2, 0.25) is 0 Å². The number of ether oxygens (including phenoxy) is 1. The van der Waals surface area contributed by atoms with E-state index in [0.717, 1.165) is 25.6 Å². The second-order valence-electron chi connectivity index (χ2n) is 6.32. The van der Waals surface area contributed by atoms with Crippen LogP contribution in [0.25, 0.3) is 0 Å². The second-order valence-corrected chi connectivity index (χ2v) is 7.55. The van der Waals surface area contributed by atoms with Crippen LogP contribution in [0.1, 0.15) is 32.6 Å². The zero-order chi connectivity index (χ0) is 13.7. The fraction of sp³-hybridized carbons (Fsp3) is 1.00. The van der Waals surface area contributed by atoms with E-state index >= 15 is 0 Å². The highest BCUT2D eigenvalue weighted by molar-refractivity contribution is 7.99. The van der Waals surface area contributed by atoms with Crippen LogP contribution < -0.4 is 5.32 Å². The van der Waals surface area contributed by atoms with Crippen molar-refractivity contribution < 1.29 is 4.74 Å². The molecule has 0 saturated carbocycles. The molecular weight excluding hydrogens is 256 g/mol. The number of rotatable bonds is 5. The quantitative estimate of drug-likeness (QED) is 0.837. The molecule has 0 radical (unpaired) electrons. The van der Waals surface area contributed by atoms with E-state index in [9.17, 15) is 0 Å². The zero-order valence-corrected chi connectivity index (χ0v) is 13.6. The molecule has 2 aliphatic rings. The highest BCUT2D eigenvalue weighted by atomic mass is 32.2. The van der Waals surface area contributed by atoms with Gasteiger partial charge in [0.1, 0.15) is 0 Å². The van der Waals surface area contributed by atoms with Gasteiger partial charge < -0.3 is 15.0 Å². The maximum Gasteiger partial charge on any atom is 0.0701 e. The summed E-state index contributed by atoms with van der Waals surface area (Å²) in [5, 5.41) is 3.70. The van der Waals surface area contributed by atoms with Crippen molar-refractivity contribution in [3.63, 3.8) is 0 Å². The van der Waals surface area contributed by atoms with Gasteiger partial charge in [0.15, 0.2) is 0 Å². The molecule has 2 fully saturated rings. The van der Waals surface area contributed by atoms with Crippen LogP contribution in [0.15, 0.2) is 0 Å². The van der Waals surface area contributed by atoms with Crippen molar-refractivity contribution in [3.05, 3.63) is 0 Å². The van der Waals surface area contributed by atoms with Crippen LogP contribution in [-0.2, 0) is 4.74 Å². The van der Waals surface area contributed by atoms with Crippen molar-refractivity contribution >= 4 is 11.8 Å². The van der Waals surface area contributed by atoms with E-state index in [1.165, 1.54) is 37.2 Å². The molecule has 112 valence electrons. The molecule has 0 aromatic heterocycles. The van der Waals surface area contributed by atoms with Crippen LogP contribution in [0.3, 0.4) is 0 Å². The summed E-state index contributed by atoms with van der Waals surface area (Å²) in [6.45, 7) is 5.39. The minimum Gasteiger partial charge on any atom is -0.375 e. The monoisotopic (exact) mass is 286 g/mol. The Morgan fingerprint density at radius 2 is 2.11 bits per heavy atom. The van der Waals surface area contributed by atoms with Crippen molar-refractivity contribution in [1.29, 1.82) is 0 Å². The largest absolute Gasteiger partial charge is 0.375 e. The standard InChI is InChI=1S/C15H30N2OS/c1-4-16-14(12-17(2)3)13-5-8-18-15(11-13)6-9-19-10-7-15/h13-14,16H,4-12H2,1-3H3. The van der Waals surface area contributed by atoms with Crippen molar-refractivity contribution in [3.8, 4) is 0 Å². The first-order valence-corrected chi connectivity index (χ1v) is 8.90. The first kappa shape index (κ1) is 15.6. The number of thioether (sulfide) groups is 1. The molecule has 0 aromatic rings. The first-order valence-electron chi connectivity index (χ1n) is 7.75. The number of hydrogen-bond acceptors (Lipinski definition) is 4. The Morgan fingerprint density at radius 3 is 2.74 bits per heavy atom. The lowest BCUT2D eigenvalue weighted by molar-refractivity contribution is -0.108. The summed E-state index contributed by atoms with van der Waals surface area (Å²) in [5.74, 6) is 3.35. The molecule has 19 heavy (non-hydrogen) atoms. The Bertz CT molecular complexity index is 261. The molecule has 2 atom stereocenters. The Labute approximate surface area is 122 Å². The number of nitrogens with one attached hydrogen (secondary N) is 1. The van der Waals surface area contributed by atoms with Crippen LogP contribution in [0.2, 0.25) is 0 Å². The van der Waals surface area contributed by atoms with Crippen LogP contribution in [-0.4, -0.2) is 61.8 Å². The third kappa shape index (κ3) is 4.35. The van der Waals surface area contributed by atoms with Crippen molar-refractivity contribution in [2.45, 2.75) is 44.2 Å². The average Bonchev–Trinajstić information content (AvgIpc) is 2.39. The summed E-state index contributed by atoms with van der Waals surface area (Å²) in [6, 6.07) is 0.621. The van der Waals surface area contributed by atoms with E-state index in [1.54, 1.807) is 0 Å². The summed E-state index contributed by atoms with van der Waals surface area (Å²) in [5.41, 5.74) is 0.216. The van der Waals surface area contributed by atoms with Crippen molar-refractivity contribution in [2.75, 3.05) is 45.3 Å². The van der Waals surface area contributed by atoms with Crippen molar-refractivity contribution in [2.24, 2.45) is 5.92 Å². The predicted octanol–water partition coefficient (Wildman–Crippen LogP) is 2.22. The average molecular weight is 286 g/mol. The third-order valence-corrected chi connectivity index (χ3v) is 5.52. The van der Waals surface area contributed by atoms with Crippen LogP contribution >= 0.6 is 11.8 Å². The van der Waals surface area contributed by atoms with Crippen LogP contribution in [0.5, 0.6) is 0 Å². The van der Waals surface area contributed by atoms with E-state index in [0.29, 0.717) is 6.04 Å². The lowest BCUT2D eigenvalue weighted by Gasteiger charge is -2.45. The Balaban J connectivity index is 1.97. The molecular formula is C15H30N2OS. The van der Waals surface area contributed by atoms with E-state index in [1.807, 2.05) is 0 Å². The molecule has 0 amide bonds. The van der Waals surface area contributed by atoms with Gasteiger partial charge in [-0.2, -0.15) is 11.8 Å². The molecule has 0 bridgehead atoms. The molecule has 0 aromatic carbocycles. The van der Waals surface area contributed by atoms with Gasteiger partial charge in [-0.05, 0) is 63.7 Å². The Hall–Kier alpha value is 0.230. The highest BCUT2D eigenvalue weighted by Gasteiger charge is 2.40. The molecule has 3 nitrogen and oxygen atoms in total. The number of nitrogens with zero attached hydrogens (tertiary/aromatic N) is 1. The smallest absolute Gasteiger partial charge is 0.0701 e. The van der Waals surface area contributed by atoms with Crippen molar-refractivity contribution in [1.82, 2.24) is 10.2 Å². The van der Waals surface area contributed by atoms with E-state index in [4.69, 9.17) is 4.74 Å². The van der Waals surface area contributed by atoms with Gasteiger partial charge in [-0.1, -0.05) is 6.92 Å². The second kappa shape index (κ2) is 7.30. The maximum absolute atomic E-state index is 6.22. The lowest BCUT2D eigenvalue weighted by atomic mass is 9.78. The van der Waals surface area contributed by atoms with E-state index in [2.05, 4.69) is 43.0 Å².